The summed E-state index contributed by atoms with van der Waals surface area (Å²) in [7, 11) is 0. The minimum absolute atomic E-state index is 0.559. The molecule has 90 valence electrons. The second kappa shape index (κ2) is 5.65. The SMILES string of the molecule is N#CCCCN1CCCC2(CCCNC2)C1. The van der Waals surface area contributed by atoms with Crippen LogP contribution in [0, 0.1) is 16.7 Å². The van der Waals surface area contributed by atoms with Gasteiger partial charge in [-0.05, 0) is 57.2 Å². The molecule has 0 radical (unpaired) electrons. The first-order chi connectivity index (χ1) is 7.85. The maximum absolute atomic E-state index is 8.56. The third kappa shape index (κ3) is 2.96. The van der Waals surface area contributed by atoms with Crippen molar-refractivity contribution in [2.75, 3.05) is 32.7 Å². The second-order valence-corrected chi connectivity index (χ2v) is 5.42. The first-order valence-electron chi connectivity index (χ1n) is 6.65. The summed E-state index contributed by atoms with van der Waals surface area (Å²) in [5.74, 6) is 0. The molecule has 16 heavy (non-hydrogen) atoms. The van der Waals surface area contributed by atoms with Crippen LogP contribution in [-0.4, -0.2) is 37.6 Å². The molecular weight excluding hydrogens is 198 g/mol. The molecule has 1 atom stereocenters. The Morgan fingerprint density at radius 1 is 1.31 bits per heavy atom. The van der Waals surface area contributed by atoms with Crippen LogP contribution < -0.4 is 5.32 Å². The van der Waals surface area contributed by atoms with Gasteiger partial charge < -0.3 is 10.2 Å². The van der Waals surface area contributed by atoms with Crippen molar-refractivity contribution in [2.24, 2.45) is 5.41 Å². The first-order valence-corrected chi connectivity index (χ1v) is 6.65. The van der Waals surface area contributed by atoms with Crippen LogP contribution in [0.3, 0.4) is 0 Å². The largest absolute Gasteiger partial charge is 0.316 e. The summed E-state index contributed by atoms with van der Waals surface area (Å²) in [5.41, 5.74) is 0.559. The Kier molecular flexibility index (Phi) is 4.20. The number of nitrogens with one attached hydrogen (secondary N) is 1. The molecule has 0 aliphatic carbocycles. The van der Waals surface area contributed by atoms with Gasteiger partial charge in [-0.3, -0.25) is 0 Å². The Labute approximate surface area is 98.8 Å². The molecule has 0 bridgehead atoms. The Hall–Kier alpha value is -0.590. The van der Waals surface area contributed by atoms with Gasteiger partial charge >= 0.3 is 0 Å². The van der Waals surface area contributed by atoms with Crippen LogP contribution in [0.4, 0.5) is 0 Å². The van der Waals surface area contributed by atoms with Gasteiger partial charge in [0.15, 0.2) is 0 Å². The molecule has 2 heterocycles. The Morgan fingerprint density at radius 2 is 2.19 bits per heavy atom. The minimum atomic E-state index is 0.559. The van der Waals surface area contributed by atoms with Crippen LogP contribution in [0.15, 0.2) is 0 Å². The molecule has 3 heteroatoms. The van der Waals surface area contributed by atoms with E-state index in [1.165, 1.54) is 51.9 Å². The van der Waals surface area contributed by atoms with Gasteiger partial charge in [0, 0.05) is 19.5 Å². The standard InChI is InChI=1S/C13H23N3/c14-7-1-2-9-16-10-4-6-13(12-16)5-3-8-15-11-13/h15H,1-6,8-12H2. The number of rotatable bonds is 3. The molecule has 2 saturated heterocycles. The van der Waals surface area contributed by atoms with Gasteiger partial charge in [0.1, 0.15) is 0 Å². The van der Waals surface area contributed by atoms with E-state index >= 15 is 0 Å². The quantitative estimate of drug-likeness (QED) is 0.738. The number of hydrogen-bond donors (Lipinski definition) is 1. The maximum atomic E-state index is 8.56. The molecule has 2 aliphatic rings. The summed E-state index contributed by atoms with van der Waals surface area (Å²) in [5, 5.41) is 12.1. The fraction of sp³-hybridized carbons (Fsp3) is 0.923. The molecule has 0 aromatic heterocycles. The Bertz CT molecular complexity index is 245. The summed E-state index contributed by atoms with van der Waals surface area (Å²) < 4.78 is 0. The second-order valence-electron chi connectivity index (χ2n) is 5.42. The lowest BCUT2D eigenvalue weighted by Crippen LogP contribution is -2.51. The lowest BCUT2D eigenvalue weighted by molar-refractivity contribution is 0.0642. The van der Waals surface area contributed by atoms with Gasteiger partial charge in [0.25, 0.3) is 0 Å². The van der Waals surface area contributed by atoms with E-state index in [9.17, 15) is 0 Å². The summed E-state index contributed by atoms with van der Waals surface area (Å²) >= 11 is 0. The van der Waals surface area contributed by atoms with Crippen molar-refractivity contribution < 1.29 is 0 Å². The van der Waals surface area contributed by atoms with Crippen LogP contribution in [0.5, 0.6) is 0 Å². The van der Waals surface area contributed by atoms with Crippen molar-refractivity contribution in [1.82, 2.24) is 10.2 Å². The van der Waals surface area contributed by atoms with Crippen molar-refractivity contribution in [3.63, 3.8) is 0 Å². The monoisotopic (exact) mass is 221 g/mol. The summed E-state index contributed by atoms with van der Waals surface area (Å²) in [4.78, 5) is 2.58. The fourth-order valence-corrected chi connectivity index (χ4v) is 3.26. The normalized spacial score (nSPS) is 31.4. The van der Waals surface area contributed by atoms with Crippen molar-refractivity contribution in [2.45, 2.75) is 38.5 Å². The minimum Gasteiger partial charge on any atom is -0.316 e. The average Bonchev–Trinajstić information content (AvgIpc) is 2.31. The number of likely N-dealkylation sites (tertiary alicyclic amines) is 1. The molecular formula is C13H23N3. The number of hydrogen-bond acceptors (Lipinski definition) is 3. The zero-order chi connectivity index (χ0) is 11.3. The molecule has 0 amide bonds. The number of nitrogens with zero attached hydrogens (tertiary/aromatic N) is 2. The van der Waals surface area contributed by atoms with Crippen molar-refractivity contribution >= 4 is 0 Å². The molecule has 1 N–H and O–H groups in total. The van der Waals surface area contributed by atoms with Crippen LogP contribution in [-0.2, 0) is 0 Å². The van der Waals surface area contributed by atoms with E-state index in [2.05, 4.69) is 16.3 Å². The predicted molar refractivity (Wildman–Crippen MR) is 65.1 cm³/mol. The van der Waals surface area contributed by atoms with Gasteiger partial charge in [0.2, 0.25) is 0 Å². The molecule has 3 nitrogen and oxygen atoms in total. The first kappa shape index (κ1) is 11.9. The highest BCUT2D eigenvalue weighted by molar-refractivity contribution is 4.91. The highest BCUT2D eigenvalue weighted by Crippen LogP contribution is 2.35. The van der Waals surface area contributed by atoms with E-state index in [1.54, 1.807) is 0 Å². The molecule has 0 saturated carbocycles. The van der Waals surface area contributed by atoms with Crippen molar-refractivity contribution in [3.05, 3.63) is 0 Å². The van der Waals surface area contributed by atoms with Crippen LogP contribution in [0.1, 0.15) is 38.5 Å². The molecule has 0 aromatic rings. The van der Waals surface area contributed by atoms with Gasteiger partial charge in [-0.1, -0.05) is 0 Å². The van der Waals surface area contributed by atoms with Crippen molar-refractivity contribution in [1.29, 1.82) is 5.26 Å². The molecule has 2 fully saturated rings. The zero-order valence-corrected chi connectivity index (χ0v) is 10.2. The zero-order valence-electron chi connectivity index (χ0n) is 10.2. The topological polar surface area (TPSA) is 39.1 Å². The molecule has 0 aromatic carbocycles. The third-order valence-electron chi connectivity index (χ3n) is 4.06. The van der Waals surface area contributed by atoms with Gasteiger partial charge in [0.05, 0.1) is 6.07 Å². The molecule has 2 aliphatic heterocycles. The fourth-order valence-electron chi connectivity index (χ4n) is 3.26. The van der Waals surface area contributed by atoms with E-state index in [4.69, 9.17) is 5.26 Å². The van der Waals surface area contributed by atoms with E-state index in [0.717, 1.165) is 13.0 Å². The summed E-state index contributed by atoms with van der Waals surface area (Å²) in [6.45, 7) is 6.03. The van der Waals surface area contributed by atoms with E-state index in [0.29, 0.717) is 11.8 Å². The van der Waals surface area contributed by atoms with Gasteiger partial charge in [-0.25, -0.2) is 0 Å². The lowest BCUT2D eigenvalue weighted by Gasteiger charge is -2.45. The molecule has 1 spiro atoms. The lowest BCUT2D eigenvalue weighted by atomic mass is 9.74. The maximum Gasteiger partial charge on any atom is 0.0622 e. The van der Waals surface area contributed by atoms with Gasteiger partial charge in [-0.15, -0.1) is 0 Å². The van der Waals surface area contributed by atoms with Crippen LogP contribution >= 0.6 is 0 Å². The van der Waals surface area contributed by atoms with E-state index in [1.807, 2.05) is 0 Å². The smallest absolute Gasteiger partial charge is 0.0622 e. The van der Waals surface area contributed by atoms with Gasteiger partial charge in [-0.2, -0.15) is 5.26 Å². The van der Waals surface area contributed by atoms with Crippen LogP contribution in [0.25, 0.3) is 0 Å². The number of nitriles is 1. The van der Waals surface area contributed by atoms with E-state index < -0.39 is 0 Å². The van der Waals surface area contributed by atoms with Crippen LogP contribution in [0.2, 0.25) is 0 Å². The average molecular weight is 221 g/mol. The highest BCUT2D eigenvalue weighted by atomic mass is 15.1. The van der Waals surface area contributed by atoms with Crippen molar-refractivity contribution in [3.8, 4) is 6.07 Å². The molecule has 1 unspecified atom stereocenters. The Balaban J connectivity index is 1.81. The summed E-state index contributed by atoms with van der Waals surface area (Å²) in [6.07, 6.45) is 7.23. The highest BCUT2D eigenvalue weighted by Gasteiger charge is 2.35. The predicted octanol–water partition coefficient (Wildman–Crippen LogP) is 1.76. The van der Waals surface area contributed by atoms with E-state index in [-0.39, 0.29) is 0 Å². The number of piperidine rings is 2. The Morgan fingerprint density at radius 3 is 2.94 bits per heavy atom. The third-order valence-corrected chi connectivity index (χ3v) is 4.06. The number of unbranched alkanes of at least 4 members (excludes halogenated alkanes) is 1. The summed E-state index contributed by atoms with van der Waals surface area (Å²) in [6, 6.07) is 2.24. The molecule has 2 rings (SSSR count).